The van der Waals surface area contributed by atoms with E-state index < -0.39 is 10.0 Å². The molecule has 6 nitrogen and oxygen atoms in total. The summed E-state index contributed by atoms with van der Waals surface area (Å²) in [5, 5.41) is 5.21. The number of nitrogens with one attached hydrogen (secondary N) is 1. The molecule has 2 aliphatic rings. The van der Waals surface area contributed by atoms with Crippen LogP contribution in [-0.2, 0) is 27.8 Å². The molecule has 1 N–H and O–H groups in total. The van der Waals surface area contributed by atoms with E-state index in [4.69, 9.17) is 0 Å². The minimum absolute atomic E-state index is 0.103. The first-order valence-electron chi connectivity index (χ1n) is 9.57. The lowest BCUT2D eigenvalue weighted by atomic mass is 9.98. The first-order valence-corrected chi connectivity index (χ1v) is 12.3. The van der Waals surface area contributed by atoms with Gasteiger partial charge in [-0.25, -0.2) is 12.7 Å². The number of amides is 1. The third kappa shape index (κ3) is 4.09. The Morgan fingerprint density at radius 1 is 1.21 bits per heavy atom. The number of anilines is 2. The van der Waals surface area contributed by atoms with Gasteiger partial charge in [-0.2, -0.15) is 0 Å². The maximum atomic E-state index is 12.9. The molecule has 28 heavy (non-hydrogen) atoms. The number of nitrogens with zero attached hydrogens (tertiary/aromatic N) is 2. The van der Waals surface area contributed by atoms with E-state index in [9.17, 15) is 13.2 Å². The second-order valence-corrected chi connectivity index (χ2v) is 10.5. The van der Waals surface area contributed by atoms with Gasteiger partial charge < -0.3 is 10.2 Å². The number of carbonyl (C=O) groups is 1. The lowest BCUT2D eigenvalue weighted by Crippen LogP contribution is -2.43. The van der Waals surface area contributed by atoms with Crippen molar-refractivity contribution in [3.8, 4) is 0 Å². The fraction of sp³-hybridized carbons (Fsp3) is 0.450. The molecule has 1 aromatic carbocycles. The van der Waals surface area contributed by atoms with Gasteiger partial charge in [0, 0.05) is 31.1 Å². The van der Waals surface area contributed by atoms with Gasteiger partial charge >= 0.3 is 0 Å². The van der Waals surface area contributed by atoms with Crippen LogP contribution >= 0.6 is 11.3 Å². The van der Waals surface area contributed by atoms with E-state index in [2.05, 4.69) is 21.7 Å². The fourth-order valence-corrected chi connectivity index (χ4v) is 5.80. The van der Waals surface area contributed by atoms with Crippen LogP contribution in [-0.4, -0.2) is 44.5 Å². The summed E-state index contributed by atoms with van der Waals surface area (Å²) in [6.07, 6.45) is 3.64. The number of carbonyl (C=O) groups excluding carboxylic acids is 1. The quantitative estimate of drug-likeness (QED) is 0.827. The maximum absolute atomic E-state index is 12.9. The minimum Gasteiger partial charge on any atom is -0.365 e. The maximum Gasteiger partial charge on any atom is 0.228 e. The summed E-state index contributed by atoms with van der Waals surface area (Å²) in [7, 11) is -3.27. The molecule has 1 amide bonds. The summed E-state index contributed by atoms with van der Waals surface area (Å²) >= 11 is 1.81. The second kappa shape index (κ2) is 7.85. The predicted molar refractivity (Wildman–Crippen MR) is 113 cm³/mol. The molecule has 0 unspecified atom stereocenters. The van der Waals surface area contributed by atoms with Crippen molar-refractivity contribution >= 4 is 38.6 Å². The van der Waals surface area contributed by atoms with Gasteiger partial charge in [-0.3, -0.25) is 4.79 Å². The van der Waals surface area contributed by atoms with Crippen LogP contribution in [0.3, 0.4) is 0 Å². The van der Waals surface area contributed by atoms with Crippen molar-refractivity contribution in [3.05, 3.63) is 46.2 Å². The van der Waals surface area contributed by atoms with Crippen molar-refractivity contribution in [2.45, 2.75) is 25.8 Å². The van der Waals surface area contributed by atoms with Crippen LogP contribution in [0.4, 0.5) is 11.4 Å². The van der Waals surface area contributed by atoms with Crippen LogP contribution in [0.1, 0.15) is 23.3 Å². The standard InChI is InChI=1S/C20H25N3O3S2/c1-28(25,26)23-10-4-5-16(14-23)20(24)21-17-6-2-3-7-18(17)22-11-8-19-15(13-22)9-12-27-19/h2-3,6-7,9,12,16H,4-5,8,10-11,13-14H2,1H3,(H,21,24)/t16-/m0/s1. The number of sulfonamides is 1. The Morgan fingerprint density at radius 3 is 2.86 bits per heavy atom. The van der Waals surface area contributed by atoms with Crippen molar-refractivity contribution in [2.24, 2.45) is 5.92 Å². The molecular weight excluding hydrogens is 394 g/mol. The highest BCUT2D eigenvalue weighted by Crippen LogP contribution is 2.33. The average molecular weight is 420 g/mol. The number of para-hydroxylation sites is 2. The third-order valence-electron chi connectivity index (χ3n) is 5.53. The van der Waals surface area contributed by atoms with Gasteiger partial charge in [-0.1, -0.05) is 12.1 Å². The van der Waals surface area contributed by atoms with Gasteiger partial charge in [0.25, 0.3) is 0 Å². The van der Waals surface area contributed by atoms with Crippen LogP contribution in [0.25, 0.3) is 0 Å². The lowest BCUT2D eigenvalue weighted by Gasteiger charge is -2.32. The average Bonchev–Trinajstić information content (AvgIpc) is 3.15. The Bertz CT molecular complexity index is 971. The van der Waals surface area contributed by atoms with Gasteiger partial charge in [-0.05, 0) is 48.4 Å². The fourth-order valence-electron chi connectivity index (χ4n) is 4.00. The number of benzene rings is 1. The molecule has 0 aliphatic carbocycles. The zero-order valence-electron chi connectivity index (χ0n) is 15.9. The van der Waals surface area contributed by atoms with Crippen molar-refractivity contribution in [1.82, 2.24) is 4.31 Å². The first kappa shape index (κ1) is 19.4. The topological polar surface area (TPSA) is 69.7 Å². The molecule has 1 fully saturated rings. The molecule has 1 saturated heterocycles. The first-order chi connectivity index (χ1) is 13.4. The number of hydrogen-bond acceptors (Lipinski definition) is 5. The smallest absolute Gasteiger partial charge is 0.228 e. The lowest BCUT2D eigenvalue weighted by molar-refractivity contribution is -0.120. The number of rotatable bonds is 4. The second-order valence-electron chi connectivity index (χ2n) is 7.51. The largest absolute Gasteiger partial charge is 0.365 e. The van der Waals surface area contributed by atoms with Gasteiger partial charge in [0.1, 0.15) is 0 Å². The number of fused-ring (bicyclic) bond motifs is 1. The van der Waals surface area contributed by atoms with Gasteiger partial charge in [0.2, 0.25) is 15.9 Å². The molecule has 150 valence electrons. The summed E-state index contributed by atoms with van der Waals surface area (Å²) < 4.78 is 25.1. The summed E-state index contributed by atoms with van der Waals surface area (Å²) in [6.45, 7) is 2.52. The van der Waals surface area contributed by atoms with Crippen molar-refractivity contribution < 1.29 is 13.2 Å². The van der Waals surface area contributed by atoms with Crippen LogP contribution in [0.2, 0.25) is 0 Å². The van der Waals surface area contributed by atoms with Crippen molar-refractivity contribution in [2.75, 3.05) is 36.1 Å². The Balaban J connectivity index is 1.49. The van der Waals surface area contributed by atoms with Crippen LogP contribution < -0.4 is 10.2 Å². The Labute approximate surface area is 170 Å². The van der Waals surface area contributed by atoms with Crippen molar-refractivity contribution in [3.63, 3.8) is 0 Å². The Hall–Kier alpha value is -1.90. The molecule has 0 saturated carbocycles. The number of thiophene rings is 1. The van der Waals surface area contributed by atoms with Crippen LogP contribution in [0.5, 0.6) is 0 Å². The molecule has 1 aromatic heterocycles. The Kier molecular flexibility index (Phi) is 5.44. The van der Waals surface area contributed by atoms with E-state index in [1.165, 1.54) is 21.0 Å². The molecule has 2 aromatic rings. The predicted octanol–water partition coefficient (Wildman–Crippen LogP) is 2.92. The van der Waals surface area contributed by atoms with Crippen LogP contribution in [0, 0.1) is 5.92 Å². The molecule has 1 atom stereocenters. The monoisotopic (exact) mass is 419 g/mol. The van der Waals surface area contributed by atoms with Crippen LogP contribution in [0.15, 0.2) is 35.7 Å². The van der Waals surface area contributed by atoms with Gasteiger partial charge in [-0.15, -0.1) is 11.3 Å². The summed E-state index contributed by atoms with van der Waals surface area (Å²) in [5.74, 6) is -0.421. The number of piperidine rings is 1. The molecule has 2 aliphatic heterocycles. The molecule has 0 radical (unpaired) electrons. The van der Waals surface area contributed by atoms with E-state index in [1.54, 1.807) is 0 Å². The molecule has 0 bridgehead atoms. The molecule has 3 heterocycles. The molecule has 4 rings (SSSR count). The number of hydrogen-bond donors (Lipinski definition) is 1. The SMILES string of the molecule is CS(=O)(=O)N1CCC[C@H](C(=O)Nc2ccccc2N2CCc3sccc3C2)C1. The van der Waals surface area contributed by atoms with E-state index in [0.29, 0.717) is 19.4 Å². The molecule has 0 spiro atoms. The summed E-state index contributed by atoms with van der Waals surface area (Å²) in [5.41, 5.74) is 3.17. The van der Waals surface area contributed by atoms with Gasteiger partial charge in [0.15, 0.2) is 0 Å². The summed E-state index contributed by atoms with van der Waals surface area (Å²) in [6, 6.07) is 10.0. The summed E-state index contributed by atoms with van der Waals surface area (Å²) in [4.78, 5) is 16.6. The third-order valence-corrected chi connectivity index (χ3v) is 7.83. The van der Waals surface area contributed by atoms with Gasteiger partial charge in [0.05, 0.1) is 23.5 Å². The molecular formula is C20H25N3O3S2. The molecule has 8 heteroatoms. The van der Waals surface area contributed by atoms with E-state index in [-0.39, 0.29) is 18.4 Å². The van der Waals surface area contributed by atoms with E-state index in [0.717, 1.165) is 30.9 Å². The highest BCUT2D eigenvalue weighted by atomic mass is 32.2. The highest BCUT2D eigenvalue weighted by molar-refractivity contribution is 7.88. The minimum atomic E-state index is -3.27. The van der Waals surface area contributed by atoms with E-state index >= 15 is 0 Å². The normalized spacial score (nSPS) is 20.6. The zero-order valence-corrected chi connectivity index (χ0v) is 17.6. The van der Waals surface area contributed by atoms with E-state index in [1.807, 2.05) is 35.6 Å². The Morgan fingerprint density at radius 2 is 2.04 bits per heavy atom. The highest BCUT2D eigenvalue weighted by Gasteiger charge is 2.30. The zero-order chi connectivity index (χ0) is 19.7. The van der Waals surface area contributed by atoms with Crippen molar-refractivity contribution in [1.29, 1.82) is 0 Å².